The van der Waals surface area contributed by atoms with E-state index < -0.39 is 12.1 Å². The third-order valence-corrected chi connectivity index (χ3v) is 6.70. The quantitative estimate of drug-likeness (QED) is 0.451. The first-order valence-corrected chi connectivity index (χ1v) is 11.6. The van der Waals surface area contributed by atoms with Crippen LogP contribution in [0.1, 0.15) is 22.3 Å². The maximum Gasteiger partial charge on any atom is 0.411 e. The summed E-state index contributed by atoms with van der Waals surface area (Å²) < 4.78 is 6.58. The van der Waals surface area contributed by atoms with E-state index in [1.807, 2.05) is 79.7 Å². The van der Waals surface area contributed by atoms with Crippen LogP contribution in [-0.2, 0) is 29.1 Å². The van der Waals surface area contributed by atoms with Crippen molar-refractivity contribution in [2.45, 2.75) is 32.5 Å². The number of benzene rings is 3. The first-order chi connectivity index (χ1) is 16.1. The fourth-order valence-corrected chi connectivity index (χ4v) is 4.99. The molecule has 1 unspecified atom stereocenters. The van der Waals surface area contributed by atoms with Gasteiger partial charge in [-0.25, -0.2) is 9.78 Å². The topological polar surface area (TPSA) is 71.5 Å². The van der Waals surface area contributed by atoms with E-state index in [0.29, 0.717) is 18.1 Å². The van der Waals surface area contributed by atoms with E-state index in [1.54, 1.807) is 0 Å². The molecule has 0 saturated carbocycles. The predicted octanol–water partition coefficient (Wildman–Crippen LogP) is 5.31. The van der Waals surface area contributed by atoms with Gasteiger partial charge in [-0.1, -0.05) is 72.0 Å². The predicted molar refractivity (Wildman–Crippen MR) is 129 cm³/mol. The Kier molecular flexibility index (Phi) is 5.79. The van der Waals surface area contributed by atoms with Crippen LogP contribution in [0.5, 0.6) is 0 Å². The van der Waals surface area contributed by atoms with Crippen LogP contribution < -0.4 is 5.32 Å². The van der Waals surface area contributed by atoms with Gasteiger partial charge >= 0.3 is 6.09 Å². The minimum atomic E-state index is -0.683. The molecule has 0 fully saturated rings. The fraction of sp³-hybridized carbons (Fsp3) is 0.192. The van der Waals surface area contributed by atoms with Gasteiger partial charge in [0.15, 0.2) is 5.13 Å². The van der Waals surface area contributed by atoms with E-state index in [0.717, 1.165) is 32.5 Å². The second-order valence-corrected chi connectivity index (χ2v) is 9.17. The van der Waals surface area contributed by atoms with E-state index in [4.69, 9.17) is 4.74 Å². The third kappa shape index (κ3) is 4.59. The van der Waals surface area contributed by atoms with Crippen LogP contribution in [0.3, 0.4) is 0 Å². The van der Waals surface area contributed by atoms with Crippen molar-refractivity contribution in [1.29, 1.82) is 0 Å². The summed E-state index contributed by atoms with van der Waals surface area (Å²) in [5.41, 5.74) is 4.96. The Bertz CT molecular complexity index is 1320. The average Bonchev–Trinajstić information content (AvgIpc) is 3.23. The number of aromatic nitrogens is 1. The Morgan fingerprint density at radius 1 is 1.06 bits per heavy atom. The highest BCUT2D eigenvalue weighted by molar-refractivity contribution is 7.22. The standard InChI is InChI=1S/C26H23N3O3S/c1-17-11-12-21-23(13-17)33-25(27-21)28-24(30)22-14-19-9-5-6-10-20(19)15-29(22)26(31)32-16-18-7-3-2-4-8-18/h2-13,22H,14-16H2,1H3,(H,27,28,30). The normalized spacial score (nSPS) is 15.2. The van der Waals surface area contributed by atoms with Gasteiger partial charge in [0.1, 0.15) is 12.6 Å². The number of hydrogen-bond donors (Lipinski definition) is 1. The van der Waals surface area contributed by atoms with Crippen molar-refractivity contribution in [2.24, 2.45) is 0 Å². The van der Waals surface area contributed by atoms with Gasteiger partial charge in [0.25, 0.3) is 0 Å². The Labute approximate surface area is 195 Å². The lowest BCUT2D eigenvalue weighted by molar-refractivity contribution is -0.121. The molecule has 1 aromatic heterocycles. The number of thiazole rings is 1. The number of anilines is 1. The maximum atomic E-state index is 13.3. The molecule has 5 rings (SSSR count). The first-order valence-electron chi connectivity index (χ1n) is 10.8. The molecule has 1 aliphatic heterocycles. The molecule has 3 aromatic carbocycles. The molecule has 0 bridgehead atoms. The van der Waals surface area contributed by atoms with Gasteiger partial charge < -0.3 is 10.1 Å². The van der Waals surface area contributed by atoms with Crippen LogP contribution in [0, 0.1) is 6.92 Å². The summed E-state index contributed by atoms with van der Waals surface area (Å²) in [5.74, 6) is -0.267. The number of carbonyl (C=O) groups is 2. The highest BCUT2D eigenvalue weighted by atomic mass is 32.1. The van der Waals surface area contributed by atoms with Crippen molar-refractivity contribution in [3.63, 3.8) is 0 Å². The number of amides is 2. The minimum absolute atomic E-state index is 0.156. The Hall–Kier alpha value is -3.71. The molecule has 4 aromatic rings. The lowest BCUT2D eigenvalue weighted by Gasteiger charge is -2.35. The number of aryl methyl sites for hydroxylation is 1. The molecule has 7 heteroatoms. The van der Waals surface area contributed by atoms with E-state index in [1.165, 1.54) is 16.2 Å². The SMILES string of the molecule is Cc1ccc2nc(NC(=O)C3Cc4ccccc4CN3C(=O)OCc3ccccc3)sc2c1. The molecule has 0 aliphatic carbocycles. The smallest absolute Gasteiger partial charge is 0.411 e. The van der Waals surface area contributed by atoms with Crippen molar-refractivity contribution in [1.82, 2.24) is 9.88 Å². The van der Waals surface area contributed by atoms with Crippen LogP contribution in [0.2, 0.25) is 0 Å². The molecule has 0 radical (unpaired) electrons. The van der Waals surface area contributed by atoms with Crippen molar-refractivity contribution >= 4 is 38.7 Å². The number of nitrogens with zero attached hydrogens (tertiary/aromatic N) is 2. The highest BCUT2D eigenvalue weighted by Crippen LogP contribution is 2.29. The van der Waals surface area contributed by atoms with Crippen LogP contribution >= 0.6 is 11.3 Å². The van der Waals surface area contributed by atoms with Gasteiger partial charge in [0, 0.05) is 6.42 Å². The second kappa shape index (κ2) is 9.03. The number of fused-ring (bicyclic) bond motifs is 2. The Balaban J connectivity index is 1.37. The third-order valence-electron chi connectivity index (χ3n) is 5.76. The maximum absolute atomic E-state index is 13.3. The molecular formula is C26H23N3O3S. The Morgan fingerprint density at radius 3 is 2.64 bits per heavy atom. The zero-order valence-corrected chi connectivity index (χ0v) is 19.0. The number of nitrogens with one attached hydrogen (secondary N) is 1. The van der Waals surface area contributed by atoms with Gasteiger partial charge in [-0.15, -0.1) is 0 Å². The van der Waals surface area contributed by atoms with Crippen molar-refractivity contribution in [3.8, 4) is 0 Å². The lowest BCUT2D eigenvalue weighted by Crippen LogP contribution is -2.50. The average molecular weight is 458 g/mol. The lowest BCUT2D eigenvalue weighted by atomic mass is 9.94. The molecule has 0 saturated heterocycles. The summed E-state index contributed by atoms with van der Waals surface area (Å²) in [6.45, 7) is 2.50. The van der Waals surface area contributed by atoms with Gasteiger partial charge in [0.2, 0.25) is 5.91 Å². The number of carbonyl (C=O) groups excluding carboxylic acids is 2. The first kappa shape index (κ1) is 21.2. The number of hydrogen-bond acceptors (Lipinski definition) is 5. The van der Waals surface area contributed by atoms with E-state index in [-0.39, 0.29) is 12.5 Å². The zero-order chi connectivity index (χ0) is 22.8. The summed E-state index contributed by atoms with van der Waals surface area (Å²) in [6, 6.07) is 22.7. The summed E-state index contributed by atoms with van der Waals surface area (Å²) in [4.78, 5) is 32.4. The minimum Gasteiger partial charge on any atom is -0.445 e. The molecule has 1 atom stereocenters. The van der Waals surface area contributed by atoms with Crippen molar-refractivity contribution in [2.75, 3.05) is 5.32 Å². The molecule has 6 nitrogen and oxygen atoms in total. The van der Waals surface area contributed by atoms with Crippen LogP contribution in [0.25, 0.3) is 10.2 Å². The summed E-state index contributed by atoms with van der Waals surface area (Å²) in [7, 11) is 0. The number of rotatable bonds is 4. The van der Waals surface area contributed by atoms with E-state index in [2.05, 4.69) is 10.3 Å². The molecule has 0 spiro atoms. The molecular weight excluding hydrogens is 434 g/mol. The van der Waals surface area contributed by atoms with Gasteiger partial charge in [-0.2, -0.15) is 0 Å². The number of ether oxygens (including phenoxy) is 1. The molecule has 1 N–H and O–H groups in total. The summed E-state index contributed by atoms with van der Waals surface area (Å²) >= 11 is 1.43. The monoisotopic (exact) mass is 457 g/mol. The fourth-order valence-electron chi connectivity index (χ4n) is 4.03. The van der Waals surface area contributed by atoms with E-state index >= 15 is 0 Å². The largest absolute Gasteiger partial charge is 0.445 e. The summed E-state index contributed by atoms with van der Waals surface area (Å²) in [5, 5.41) is 3.45. The molecule has 2 amide bonds. The van der Waals surface area contributed by atoms with E-state index in [9.17, 15) is 9.59 Å². The molecule has 33 heavy (non-hydrogen) atoms. The van der Waals surface area contributed by atoms with Crippen LogP contribution in [0.4, 0.5) is 9.93 Å². The van der Waals surface area contributed by atoms with Gasteiger partial charge in [0.05, 0.1) is 16.8 Å². The molecule has 166 valence electrons. The van der Waals surface area contributed by atoms with Crippen molar-refractivity contribution < 1.29 is 14.3 Å². The van der Waals surface area contributed by atoms with Gasteiger partial charge in [-0.05, 0) is 41.3 Å². The summed E-state index contributed by atoms with van der Waals surface area (Å²) in [6.07, 6.45) is -0.0830. The second-order valence-electron chi connectivity index (χ2n) is 8.14. The highest BCUT2D eigenvalue weighted by Gasteiger charge is 2.36. The molecule has 2 heterocycles. The zero-order valence-electron chi connectivity index (χ0n) is 18.2. The van der Waals surface area contributed by atoms with Crippen molar-refractivity contribution in [3.05, 3.63) is 95.1 Å². The van der Waals surface area contributed by atoms with Gasteiger partial charge in [-0.3, -0.25) is 9.69 Å². The molecule has 1 aliphatic rings. The Morgan fingerprint density at radius 2 is 1.82 bits per heavy atom. The van der Waals surface area contributed by atoms with Crippen LogP contribution in [-0.4, -0.2) is 27.9 Å². The van der Waals surface area contributed by atoms with Crippen LogP contribution in [0.15, 0.2) is 72.8 Å².